The quantitative estimate of drug-likeness (QED) is 0.395. The SMILES string of the molecule is CC1CCN(C(=N)N)CC1.I. The summed E-state index contributed by atoms with van der Waals surface area (Å²) in [5.41, 5.74) is 5.32. The molecular weight excluding hydrogens is 253 g/mol. The van der Waals surface area contributed by atoms with Gasteiger partial charge >= 0.3 is 0 Å². The van der Waals surface area contributed by atoms with E-state index in [9.17, 15) is 0 Å². The molecule has 1 aliphatic rings. The van der Waals surface area contributed by atoms with E-state index in [0.717, 1.165) is 19.0 Å². The van der Waals surface area contributed by atoms with Crippen molar-refractivity contribution in [1.29, 1.82) is 5.41 Å². The average molecular weight is 269 g/mol. The van der Waals surface area contributed by atoms with Crippen LogP contribution < -0.4 is 5.73 Å². The number of halogens is 1. The lowest BCUT2D eigenvalue weighted by Gasteiger charge is -2.30. The van der Waals surface area contributed by atoms with Crippen LogP contribution in [0.5, 0.6) is 0 Å². The fourth-order valence-electron chi connectivity index (χ4n) is 1.25. The molecule has 1 rings (SSSR count). The molecule has 11 heavy (non-hydrogen) atoms. The molecule has 0 aliphatic carbocycles. The van der Waals surface area contributed by atoms with Crippen LogP contribution in [0.4, 0.5) is 0 Å². The van der Waals surface area contributed by atoms with Crippen LogP contribution >= 0.6 is 24.0 Å². The van der Waals surface area contributed by atoms with E-state index in [1.807, 2.05) is 4.90 Å². The lowest BCUT2D eigenvalue weighted by atomic mass is 10.00. The van der Waals surface area contributed by atoms with Crippen molar-refractivity contribution in [3.8, 4) is 0 Å². The van der Waals surface area contributed by atoms with Crippen molar-refractivity contribution in [2.45, 2.75) is 19.8 Å². The van der Waals surface area contributed by atoms with Crippen molar-refractivity contribution < 1.29 is 0 Å². The van der Waals surface area contributed by atoms with Gasteiger partial charge in [-0.25, -0.2) is 0 Å². The van der Waals surface area contributed by atoms with Crippen molar-refractivity contribution in [1.82, 2.24) is 4.90 Å². The van der Waals surface area contributed by atoms with Gasteiger partial charge in [-0.1, -0.05) is 6.92 Å². The summed E-state index contributed by atoms with van der Waals surface area (Å²) in [6.45, 7) is 4.18. The zero-order valence-corrected chi connectivity index (χ0v) is 9.17. The number of rotatable bonds is 0. The minimum atomic E-state index is 0. The zero-order valence-electron chi connectivity index (χ0n) is 6.84. The molecule has 0 spiro atoms. The molecule has 0 aromatic heterocycles. The first-order valence-corrected chi connectivity index (χ1v) is 3.79. The van der Waals surface area contributed by atoms with Gasteiger partial charge in [0, 0.05) is 13.1 Å². The van der Waals surface area contributed by atoms with E-state index in [-0.39, 0.29) is 29.9 Å². The molecular formula is C7H16IN3. The highest BCUT2D eigenvalue weighted by Crippen LogP contribution is 2.14. The molecule has 3 N–H and O–H groups in total. The van der Waals surface area contributed by atoms with Gasteiger partial charge in [0.25, 0.3) is 0 Å². The monoisotopic (exact) mass is 269 g/mol. The second-order valence-electron chi connectivity index (χ2n) is 3.05. The number of nitrogens with two attached hydrogens (primary N) is 1. The van der Waals surface area contributed by atoms with Crippen LogP contribution in [-0.4, -0.2) is 23.9 Å². The van der Waals surface area contributed by atoms with Gasteiger partial charge in [-0.3, -0.25) is 5.41 Å². The molecule has 0 amide bonds. The number of piperidine rings is 1. The number of likely N-dealkylation sites (tertiary alicyclic amines) is 1. The molecule has 1 aliphatic heterocycles. The van der Waals surface area contributed by atoms with Gasteiger partial charge in [0.1, 0.15) is 0 Å². The number of guanidine groups is 1. The second-order valence-corrected chi connectivity index (χ2v) is 3.05. The topological polar surface area (TPSA) is 53.1 Å². The Hall–Kier alpha value is 0. The first-order chi connectivity index (χ1) is 4.70. The molecule has 66 valence electrons. The van der Waals surface area contributed by atoms with Crippen LogP contribution in [0.15, 0.2) is 0 Å². The molecule has 0 bridgehead atoms. The number of hydrogen-bond donors (Lipinski definition) is 2. The van der Waals surface area contributed by atoms with Crippen LogP contribution in [0.3, 0.4) is 0 Å². The third kappa shape index (κ3) is 3.27. The fourth-order valence-corrected chi connectivity index (χ4v) is 1.25. The molecule has 0 aromatic rings. The Balaban J connectivity index is 0.000001000. The van der Waals surface area contributed by atoms with Crippen molar-refractivity contribution in [3.63, 3.8) is 0 Å². The number of hydrogen-bond acceptors (Lipinski definition) is 1. The summed E-state index contributed by atoms with van der Waals surface area (Å²) in [6, 6.07) is 0. The summed E-state index contributed by atoms with van der Waals surface area (Å²) < 4.78 is 0. The van der Waals surface area contributed by atoms with E-state index in [2.05, 4.69) is 6.92 Å². The van der Waals surface area contributed by atoms with E-state index in [1.165, 1.54) is 12.8 Å². The van der Waals surface area contributed by atoms with Crippen LogP contribution in [0, 0.1) is 11.3 Å². The van der Waals surface area contributed by atoms with Gasteiger partial charge in [-0.05, 0) is 18.8 Å². The molecule has 0 unspecified atom stereocenters. The van der Waals surface area contributed by atoms with E-state index < -0.39 is 0 Å². The maximum Gasteiger partial charge on any atom is 0.188 e. The Morgan fingerprint density at radius 1 is 1.45 bits per heavy atom. The predicted octanol–water partition coefficient (Wildman–Crippen LogP) is 1.23. The molecule has 1 saturated heterocycles. The van der Waals surface area contributed by atoms with Gasteiger partial charge in [0.05, 0.1) is 0 Å². The smallest absolute Gasteiger partial charge is 0.188 e. The molecule has 1 fully saturated rings. The van der Waals surface area contributed by atoms with Crippen LogP contribution in [0.2, 0.25) is 0 Å². The van der Waals surface area contributed by atoms with Gasteiger partial charge < -0.3 is 10.6 Å². The van der Waals surface area contributed by atoms with E-state index >= 15 is 0 Å². The van der Waals surface area contributed by atoms with Gasteiger partial charge in [0.15, 0.2) is 5.96 Å². The third-order valence-electron chi connectivity index (χ3n) is 2.12. The van der Waals surface area contributed by atoms with Crippen molar-refractivity contribution in [2.24, 2.45) is 11.7 Å². The van der Waals surface area contributed by atoms with Crippen LogP contribution in [0.1, 0.15) is 19.8 Å². The Bertz CT molecular complexity index is 130. The van der Waals surface area contributed by atoms with Crippen molar-refractivity contribution >= 4 is 29.9 Å². The zero-order chi connectivity index (χ0) is 7.56. The molecule has 0 radical (unpaired) electrons. The largest absolute Gasteiger partial charge is 0.370 e. The minimum Gasteiger partial charge on any atom is -0.370 e. The number of nitrogens with zero attached hydrogens (tertiary/aromatic N) is 1. The van der Waals surface area contributed by atoms with Crippen LogP contribution in [0.25, 0.3) is 0 Å². The highest BCUT2D eigenvalue weighted by Gasteiger charge is 2.15. The van der Waals surface area contributed by atoms with E-state index in [0.29, 0.717) is 0 Å². The Kier molecular flexibility index (Phi) is 4.79. The summed E-state index contributed by atoms with van der Waals surface area (Å²) >= 11 is 0. The van der Waals surface area contributed by atoms with Gasteiger partial charge in [-0.2, -0.15) is 0 Å². The maximum atomic E-state index is 7.16. The predicted molar refractivity (Wildman–Crippen MR) is 57.3 cm³/mol. The maximum absolute atomic E-state index is 7.16. The Morgan fingerprint density at radius 2 is 1.91 bits per heavy atom. The number of nitrogens with one attached hydrogen (secondary N) is 1. The molecule has 0 saturated carbocycles. The molecule has 4 heteroatoms. The molecule has 0 atom stereocenters. The minimum absolute atomic E-state index is 0. The highest BCUT2D eigenvalue weighted by molar-refractivity contribution is 14.0. The van der Waals surface area contributed by atoms with E-state index in [4.69, 9.17) is 11.1 Å². The Morgan fingerprint density at radius 3 is 2.27 bits per heavy atom. The standard InChI is InChI=1S/C7H15N3.HI/c1-6-2-4-10(5-3-6)7(8)9;/h6H,2-5H2,1H3,(H3,8,9);1H. The molecule has 3 nitrogen and oxygen atoms in total. The van der Waals surface area contributed by atoms with Crippen molar-refractivity contribution in [2.75, 3.05) is 13.1 Å². The van der Waals surface area contributed by atoms with Gasteiger partial charge in [-0.15, -0.1) is 24.0 Å². The lowest BCUT2D eigenvalue weighted by Crippen LogP contribution is -2.41. The normalized spacial score (nSPS) is 19.2. The molecule has 0 aromatic carbocycles. The first kappa shape index (κ1) is 11.0. The summed E-state index contributed by atoms with van der Waals surface area (Å²) in [4.78, 5) is 1.93. The van der Waals surface area contributed by atoms with Crippen molar-refractivity contribution in [3.05, 3.63) is 0 Å². The fraction of sp³-hybridized carbons (Fsp3) is 0.857. The van der Waals surface area contributed by atoms with Gasteiger partial charge in [0.2, 0.25) is 0 Å². The van der Waals surface area contributed by atoms with Crippen LogP contribution in [-0.2, 0) is 0 Å². The summed E-state index contributed by atoms with van der Waals surface area (Å²) in [5, 5.41) is 7.16. The molecule has 1 heterocycles. The lowest BCUT2D eigenvalue weighted by molar-refractivity contribution is 0.277. The first-order valence-electron chi connectivity index (χ1n) is 3.79. The Labute approximate surface area is 84.9 Å². The summed E-state index contributed by atoms with van der Waals surface area (Å²) in [5.74, 6) is 1.04. The average Bonchev–Trinajstić information content (AvgIpc) is 1.88. The third-order valence-corrected chi connectivity index (χ3v) is 2.12. The second kappa shape index (κ2) is 4.79. The highest BCUT2D eigenvalue weighted by atomic mass is 127. The summed E-state index contributed by atoms with van der Waals surface area (Å²) in [6.07, 6.45) is 2.36. The summed E-state index contributed by atoms with van der Waals surface area (Å²) in [7, 11) is 0. The van der Waals surface area contributed by atoms with E-state index in [1.54, 1.807) is 0 Å².